The van der Waals surface area contributed by atoms with E-state index in [-0.39, 0.29) is 12.5 Å². The Balaban J connectivity index is 1.58. The lowest BCUT2D eigenvalue weighted by molar-refractivity contribution is -0.130. The summed E-state index contributed by atoms with van der Waals surface area (Å²) < 4.78 is 10.6. The third-order valence-electron chi connectivity index (χ3n) is 4.45. The molecule has 0 aliphatic rings. The van der Waals surface area contributed by atoms with E-state index in [2.05, 4.69) is 15.4 Å². The van der Waals surface area contributed by atoms with Gasteiger partial charge in [0, 0.05) is 19.2 Å². The van der Waals surface area contributed by atoms with Crippen LogP contribution < -0.4 is 9.47 Å². The second-order valence-electron chi connectivity index (χ2n) is 6.38. The minimum absolute atomic E-state index is 0.000113. The Morgan fingerprint density at radius 2 is 1.90 bits per heavy atom. The number of benzene rings is 2. The van der Waals surface area contributed by atoms with Gasteiger partial charge in [-0.2, -0.15) is 4.80 Å². The van der Waals surface area contributed by atoms with E-state index < -0.39 is 0 Å². The Bertz CT molecular complexity index is 992. The fourth-order valence-corrected chi connectivity index (χ4v) is 2.98. The zero-order chi connectivity index (χ0) is 20.8. The molecule has 0 saturated carbocycles. The average molecular weight is 416 g/mol. The van der Waals surface area contributed by atoms with Gasteiger partial charge < -0.3 is 14.4 Å². The van der Waals surface area contributed by atoms with Crippen LogP contribution in [0.3, 0.4) is 0 Å². The van der Waals surface area contributed by atoms with Gasteiger partial charge >= 0.3 is 0 Å². The number of hydrogen-bond donors (Lipinski definition) is 0. The van der Waals surface area contributed by atoms with Gasteiger partial charge in [0.1, 0.15) is 6.54 Å². The molecule has 2 aromatic carbocycles. The zero-order valence-electron chi connectivity index (χ0n) is 16.5. The molecule has 3 aromatic rings. The highest BCUT2D eigenvalue weighted by molar-refractivity contribution is 6.33. The molecule has 0 radical (unpaired) electrons. The lowest BCUT2D eigenvalue weighted by Gasteiger charge is -2.17. The minimum Gasteiger partial charge on any atom is -0.493 e. The van der Waals surface area contributed by atoms with Crippen molar-refractivity contribution in [1.82, 2.24) is 25.1 Å². The molecule has 29 heavy (non-hydrogen) atoms. The number of halogens is 1. The summed E-state index contributed by atoms with van der Waals surface area (Å²) in [5.41, 5.74) is 1.72. The van der Waals surface area contributed by atoms with E-state index in [0.717, 1.165) is 5.56 Å². The van der Waals surface area contributed by atoms with Gasteiger partial charge in [0.05, 0.1) is 19.2 Å². The molecule has 0 atom stereocenters. The van der Waals surface area contributed by atoms with Crippen molar-refractivity contribution in [2.45, 2.75) is 13.0 Å². The molecule has 8 nitrogen and oxygen atoms in total. The first-order chi connectivity index (χ1) is 14.0. The maximum Gasteiger partial charge on any atom is 0.245 e. The molecular weight excluding hydrogens is 394 g/mol. The fourth-order valence-electron chi connectivity index (χ4n) is 2.76. The molecule has 9 heteroatoms. The number of likely N-dealkylation sites (N-methyl/N-ethyl adjacent to an activating group) is 1. The molecule has 1 heterocycles. The van der Waals surface area contributed by atoms with E-state index in [9.17, 15) is 4.79 Å². The zero-order valence-corrected chi connectivity index (χ0v) is 17.3. The number of methoxy groups -OCH3 is 2. The number of rotatable bonds is 8. The van der Waals surface area contributed by atoms with Crippen molar-refractivity contribution >= 4 is 17.5 Å². The first-order valence-electron chi connectivity index (χ1n) is 8.99. The molecule has 152 valence electrons. The molecule has 0 spiro atoms. The standard InChI is InChI=1S/C20H22ClN5O3/c1-25(11-10-14-8-9-17(28-2)18(12-14)29-3)19(27)13-26-23-20(22-24-26)15-6-4-5-7-16(15)21/h4-9,12H,10-11,13H2,1-3H3. The van der Waals surface area contributed by atoms with Crippen LogP contribution in [0, 0.1) is 0 Å². The van der Waals surface area contributed by atoms with E-state index in [1.165, 1.54) is 4.80 Å². The lowest BCUT2D eigenvalue weighted by atomic mass is 10.1. The predicted octanol–water partition coefficient (Wildman–Crippen LogP) is 2.71. The number of ether oxygens (including phenoxy) is 2. The van der Waals surface area contributed by atoms with Crippen LogP contribution in [0.15, 0.2) is 42.5 Å². The van der Waals surface area contributed by atoms with Gasteiger partial charge in [-0.25, -0.2) is 0 Å². The smallest absolute Gasteiger partial charge is 0.245 e. The second-order valence-corrected chi connectivity index (χ2v) is 6.79. The summed E-state index contributed by atoms with van der Waals surface area (Å²) in [5, 5.41) is 12.7. The average Bonchev–Trinajstić information content (AvgIpc) is 3.20. The highest BCUT2D eigenvalue weighted by Crippen LogP contribution is 2.27. The van der Waals surface area contributed by atoms with Crippen LogP contribution in [0.4, 0.5) is 0 Å². The number of carbonyl (C=O) groups is 1. The van der Waals surface area contributed by atoms with Gasteiger partial charge in [0.2, 0.25) is 11.7 Å². The van der Waals surface area contributed by atoms with Gasteiger partial charge in [-0.15, -0.1) is 10.2 Å². The van der Waals surface area contributed by atoms with E-state index in [1.807, 2.05) is 30.3 Å². The van der Waals surface area contributed by atoms with E-state index >= 15 is 0 Å². The van der Waals surface area contributed by atoms with Crippen molar-refractivity contribution in [3.8, 4) is 22.9 Å². The molecule has 0 fully saturated rings. The highest BCUT2D eigenvalue weighted by atomic mass is 35.5. The predicted molar refractivity (Wildman–Crippen MR) is 109 cm³/mol. The Hall–Kier alpha value is -3.13. The van der Waals surface area contributed by atoms with E-state index in [4.69, 9.17) is 21.1 Å². The van der Waals surface area contributed by atoms with Gasteiger partial charge in [-0.1, -0.05) is 29.8 Å². The molecule has 0 unspecified atom stereocenters. The number of tetrazole rings is 1. The third kappa shape index (κ3) is 5.03. The fraction of sp³-hybridized carbons (Fsp3) is 0.300. The number of hydrogen-bond acceptors (Lipinski definition) is 6. The Labute approximate surface area is 174 Å². The van der Waals surface area contributed by atoms with Crippen molar-refractivity contribution in [3.05, 3.63) is 53.1 Å². The summed E-state index contributed by atoms with van der Waals surface area (Å²) in [6.07, 6.45) is 0.679. The van der Waals surface area contributed by atoms with Crippen molar-refractivity contribution in [2.24, 2.45) is 0 Å². The molecular formula is C20H22ClN5O3. The number of amides is 1. The maximum atomic E-state index is 12.5. The maximum absolute atomic E-state index is 12.5. The molecule has 0 aliphatic heterocycles. The van der Waals surface area contributed by atoms with Crippen molar-refractivity contribution in [1.29, 1.82) is 0 Å². The Morgan fingerprint density at radius 1 is 1.14 bits per heavy atom. The Kier molecular flexibility index (Phi) is 6.66. The molecule has 1 aromatic heterocycles. The largest absolute Gasteiger partial charge is 0.493 e. The van der Waals surface area contributed by atoms with Gasteiger partial charge in [-0.05, 0) is 41.5 Å². The van der Waals surface area contributed by atoms with Gasteiger partial charge in [-0.3, -0.25) is 4.79 Å². The van der Waals surface area contributed by atoms with Crippen LogP contribution in [0.5, 0.6) is 11.5 Å². The monoisotopic (exact) mass is 415 g/mol. The van der Waals surface area contributed by atoms with Crippen LogP contribution in [0.25, 0.3) is 11.4 Å². The summed E-state index contributed by atoms with van der Waals surface area (Å²) in [4.78, 5) is 15.4. The molecule has 0 aliphatic carbocycles. The summed E-state index contributed by atoms with van der Waals surface area (Å²) in [7, 11) is 4.94. The summed E-state index contributed by atoms with van der Waals surface area (Å²) in [6, 6.07) is 12.9. The lowest BCUT2D eigenvalue weighted by Crippen LogP contribution is -2.32. The van der Waals surface area contributed by atoms with Crippen molar-refractivity contribution < 1.29 is 14.3 Å². The number of nitrogens with zero attached hydrogens (tertiary/aromatic N) is 5. The first kappa shape index (κ1) is 20.6. The van der Waals surface area contributed by atoms with Crippen LogP contribution in [0.1, 0.15) is 5.56 Å². The number of carbonyl (C=O) groups excluding carboxylic acids is 1. The van der Waals surface area contributed by atoms with E-state index in [0.29, 0.717) is 40.9 Å². The highest BCUT2D eigenvalue weighted by Gasteiger charge is 2.14. The van der Waals surface area contributed by atoms with Crippen molar-refractivity contribution in [2.75, 3.05) is 27.8 Å². The third-order valence-corrected chi connectivity index (χ3v) is 4.78. The molecule has 0 N–H and O–H groups in total. The first-order valence-corrected chi connectivity index (χ1v) is 9.37. The molecule has 0 saturated heterocycles. The topological polar surface area (TPSA) is 82.4 Å². The second kappa shape index (κ2) is 9.38. The normalized spacial score (nSPS) is 10.6. The molecule has 1 amide bonds. The van der Waals surface area contributed by atoms with Crippen molar-refractivity contribution in [3.63, 3.8) is 0 Å². The quantitative estimate of drug-likeness (QED) is 0.562. The van der Waals surface area contributed by atoms with Crippen LogP contribution in [0.2, 0.25) is 5.02 Å². The molecule has 3 rings (SSSR count). The van der Waals surface area contributed by atoms with Crippen LogP contribution >= 0.6 is 11.6 Å². The van der Waals surface area contributed by atoms with E-state index in [1.54, 1.807) is 38.3 Å². The number of aromatic nitrogens is 4. The summed E-state index contributed by atoms with van der Waals surface area (Å²) in [5.74, 6) is 1.61. The SMILES string of the molecule is COc1ccc(CCN(C)C(=O)Cn2nnc(-c3ccccc3Cl)n2)cc1OC. The van der Waals surface area contributed by atoms with Gasteiger partial charge in [0.15, 0.2) is 11.5 Å². The summed E-state index contributed by atoms with van der Waals surface area (Å²) >= 11 is 6.16. The van der Waals surface area contributed by atoms with Crippen LogP contribution in [-0.2, 0) is 17.8 Å². The summed E-state index contributed by atoms with van der Waals surface area (Å²) in [6.45, 7) is 0.542. The minimum atomic E-state index is -0.117. The van der Waals surface area contributed by atoms with Crippen LogP contribution in [-0.4, -0.2) is 58.8 Å². The van der Waals surface area contributed by atoms with Gasteiger partial charge in [0.25, 0.3) is 0 Å². The Morgan fingerprint density at radius 3 is 2.62 bits per heavy atom. The molecule has 0 bridgehead atoms.